The summed E-state index contributed by atoms with van der Waals surface area (Å²) in [5.74, 6) is 3.07. The molecule has 0 saturated heterocycles. The van der Waals surface area contributed by atoms with E-state index in [1.807, 2.05) is 30.5 Å². The number of hydrogen-bond acceptors (Lipinski definition) is 3. The summed E-state index contributed by atoms with van der Waals surface area (Å²) in [5.41, 5.74) is 8.83. The van der Waals surface area contributed by atoms with E-state index in [0.29, 0.717) is 11.8 Å². The summed E-state index contributed by atoms with van der Waals surface area (Å²) in [5, 5.41) is 0. The van der Waals surface area contributed by atoms with Crippen molar-refractivity contribution in [2.75, 3.05) is 13.2 Å². The zero-order valence-electron chi connectivity index (χ0n) is 29.4. The first-order chi connectivity index (χ1) is 23.6. The van der Waals surface area contributed by atoms with Gasteiger partial charge in [-0.3, -0.25) is 0 Å². The Morgan fingerprint density at radius 3 is 1.54 bits per heavy atom. The summed E-state index contributed by atoms with van der Waals surface area (Å²) in [7, 11) is 0. The first kappa shape index (κ1) is 35.0. The van der Waals surface area contributed by atoms with E-state index in [9.17, 15) is 0 Å². The number of aromatic nitrogens is 1. The molecule has 0 aliphatic carbocycles. The maximum absolute atomic E-state index is 6.24. The quantitative estimate of drug-likeness (QED) is 0.0895. The van der Waals surface area contributed by atoms with E-state index >= 15 is 0 Å². The Balaban J connectivity index is 1.43. The van der Waals surface area contributed by atoms with Crippen molar-refractivity contribution in [3.63, 3.8) is 0 Å². The van der Waals surface area contributed by atoms with Crippen molar-refractivity contribution >= 4 is 0 Å². The van der Waals surface area contributed by atoms with Crippen molar-refractivity contribution in [2.45, 2.75) is 79.1 Å². The summed E-state index contributed by atoms with van der Waals surface area (Å²) >= 11 is 0. The van der Waals surface area contributed by atoms with Crippen LogP contribution in [0, 0.1) is 17.9 Å². The van der Waals surface area contributed by atoms with Crippen LogP contribution < -0.4 is 9.47 Å². The minimum atomic E-state index is 0.605. The molecule has 0 spiro atoms. The van der Waals surface area contributed by atoms with Crippen LogP contribution in [0.3, 0.4) is 0 Å². The van der Waals surface area contributed by atoms with Gasteiger partial charge in [-0.25, -0.2) is 0 Å². The van der Waals surface area contributed by atoms with Crippen LogP contribution >= 0.6 is 0 Å². The highest BCUT2D eigenvalue weighted by atomic mass is 16.5. The van der Waals surface area contributed by atoms with E-state index < -0.39 is 0 Å². The van der Waals surface area contributed by atoms with Gasteiger partial charge in [0.25, 0.3) is 0 Å². The zero-order chi connectivity index (χ0) is 33.6. The maximum atomic E-state index is 6.24. The molecule has 2 unspecified atom stereocenters. The van der Waals surface area contributed by atoms with Crippen LogP contribution in [0.2, 0.25) is 0 Å². The number of benzene rings is 4. The molecule has 0 saturated carbocycles. The third kappa shape index (κ3) is 9.83. The second-order valence-corrected chi connectivity index (χ2v) is 13.0. The molecule has 2 atom stereocenters. The third-order valence-corrected chi connectivity index (χ3v) is 9.44. The van der Waals surface area contributed by atoms with Crippen LogP contribution in [0.15, 0.2) is 109 Å². The van der Waals surface area contributed by atoms with Crippen molar-refractivity contribution in [2.24, 2.45) is 11.8 Å². The molecule has 0 N–H and O–H groups in total. The molecular formula is C45H52NO2-. The smallest absolute Gasteiger partial charge is 0.119 e. The predicted molar refractivity (Wildman–Crippen MR) is 202 cm³/mol. The first-order valence-electron chi connectivity index (χ1n) is 18.1. The Hall–Kier alpha value is -4.37. The lowest BCUT2D eigenvalue weighted by atomic mass is 9.92. The van der Waals surface area contributed by atoms with Gasteiger partial charge in [-0.05, 0) is 107 Å². The first-order valence-corrected chi connectivity index (χ1v) is 18.1. The van der Waals surface area contributed by atoms with Crippen LogP contribution in [0.25, 0.3) is 44.6 Å². The fourth-order valence-electron chi connectivity index (χ4n) is 6.16. The number of unbranched alkanes of at least 4 members (excludes halogenated alkanes) is 2. The third-order valence-electron chi connectivity index (χ3n) is 9.44. The molecule has 5 rings (SSSR count). The Kier molecular flexibility index (Phi) is 13.3. The van der Waals surface area contributed by atoms with Crippen molar-refractivity contribution < 1.29 is 9.47 Å². The van der Waals surface area contributed by atoms with Crippen LogP contribution in [0.4, 0.5) is 0 Å². The van der Waals surface area contributed by atoms with Gasteiger partial charge in [-0.15, -0.1) is 35.4 Å². The van der Waals surface area contributed by atoms with Crippen molar-refractivity contribution in [3.8, 4) is 56.1 Å². The van der Waals surface area contributed by atoms with Gasteiger partial charge in [0.1, 0.15) is 11.5 Å². The maximum Gasteiger partial charge on any atom is 0.119 e. The lowest BCUT2D eigenvalue weighted by Gasteiger charge is -2.17. The Labute approximate surface area is 289 Å². The largest absolute Gasteiger partial charge is 0.493 e. The average molecular weight is 639 g/mol. The predicted octanol–water partition coefficient (Wildman–Crippen LogP) is 12.7. The minimum Gasteiger partial charge on any atom is -0.493 e. The summed E-state index contributed by atoms with van der Waals surface area (Å²) in [4.78, 5) is 4.57. The molecule has 3 heteroatoms. The second-order valence-electron chi connectivity index (χ2n) is 13.0. The highest BCUT2D eigenvalue weighted by Crippen LogP contribution is 2.35. The van der Waals surface area contributed by atoms with E-state index in [-0.39, 0.29) is 0 Å². The van der Waals surface area contributed by atoms with Gasteiger partial charge in [0.05, 0.1) is 13.2 Å². The average Bonchev–Trinajstić information content (AvgIpc) is 3.15. The molecule has 250 valence electrons. The van der Waals surface area contributed by atoms with E-state index in [4.69, 9.17) is 9.47 Å². The zero-order valence-corrected chi connectivity index (χ0v) is 29.4. The molecule has 0 radical (unpaired) electrons. The van der Waals surface area contributed by atoms with Crippen molar-refractivity contribution in [1.82, 2.24) is 4.98 Å². The summed E-state index contributed by atoms with van der Waals surface area (Å²) in [6.07, 6.45) is 11.6. The van der Waals surface area contributed by atoms with Gasteiger partial charge in [0, 0.05) is 6.20 Å². The summed E-state index contributed by atoms with van der Waals surface area (Å²) < 4.78 is 12.5. The van der Waals surface area contributed by atoms with Crippen molar-refractivity contribution in [1.29, 1.82) is 0 Å². The molecule has 48 heavy (non-hydrogen) atoms. The highest BCUT2D eigenvalue weighted by molar-refractivity contribution is 5.82. The van der Waals surface area contributed by atoms with Crippen molar-refractivity contribution in [3.05, 3.63) is 115 Å². The number of ether oxygens (including phenoxy) is 2. The number of pyridine rings is 1. The number of nitrogens with zero attached hydrogens (tertiary/aromatic N) is 1. The molecule has 5 aromatic rings. The lowest BCUT2D eigenvalue weighted by molar-refractivity contribution is 0.233. The SMILES string of the molecule is CCCCC(CC)COc1ccc(-c2cc(-c3ccc(OCC(CC)CCCC)cc3)cc(-c3cc[c-]c(-c4ccccn4)c3)c2)cc1. The van der Waals surface area contributed by atoms with Crippen LogP contribution in [0.1, 0.15) is 79.1 Å². The highest BCUT2D eigenvalue weighted by Gasteiger charge is 2.11. The molecule has 0 amide bonds. The Morgan fingerprint density at radius 2 is 1.08 bits per heavy atom. The van der Waals surface area contributed by atoms with Crippen LogP contribution in [-0.2, 0) is 0 Å². The van der Waals surface area contributed by atoms with Gasteiger partial charge in [-0.2, -0.15) is 0 Å². The van der Waals surface area contributed by atoms with Gasteiger partial charge >= 0.3 is 0 Å². The van der Waals surface area contributed by atoms with Crippen LogP contribution in [-0.4, -0.2) is 18.2 Å². The van der Waals surface area contributed by atoms with Gasteiger partial charge < -0.3 is 14.5 Å². The second kappa shape index (κ2) is 18.2. The molecule has 0 aliphatic heterocycles. The van der Waals surface area contributed by atoms with E-state index in [2.05, 4.69) is 118 Å². The monoisotopic (exact) mass is 638 g/mol. The van der Waals surface area contributed by atoms with Gasteiger partial charge in [0.15, 0.2) is 0 Å². The molecule has 1 aromatic heterocycles. The molecule has 0 aliphatic rings. The topological polar surface area (TPSA) is 31.4 Å². The van der Waals surface area contributed by atoms with Gasteiger partial charge in [-0.1, -0.05) is 103 Å². The Morgan fingerprint density at radius 1 is 0.562 bits per heavy atom. The molecule has 3 nitrogen and oxygen atoms in total. The summed E-state index contributed by atoms with van der Waals surface area (Å²) in [6.45, 7) is 10.6. The van der Waals surface area contributed by atoms with E-state index in [1.165, 1.54) is 38.5 Å². The fourth-order valence-corrected chi connectivity index (χ4v) is 6.16. The lowest BCUT2D eigenvalue weighted by Crippen LogP contribution is -2.11. The van der Waals surface area contributed by atoms with E-state index in [0.717, 1.165) is 82.2 Å². The minimum absolute atomic E-state index is 0.605. The summed E-state index contributed by atoms with van der Waals surface area (Å²) in [6, 6.07) is 39.7. The normalized spacial score (nSPS) is 12.4. The molecule has 0 bridgehead atoms. The number of rotatable bonds is 18. The van der Waals surface area contributed by atoms with E-state index in [1.54, 1.807) is 0 Å². The Bertz CT molecular complexity index is 1580. The molecule has 4 aromatic carbocycles. The molecule has 1 heterocycles. The molecule has 0 fully saturated rings. The van der Waals surface area contributed by atoms with Crippen LogP contribution in [0.5, 0.6) is 11.5 Å². The van der Waals surface area contributed by atoms with Gasteiger partial charge in [0.2, 0.25) is 0 Å². The molecular weight excluding hydrogens is 587 g/mol. The fraction of sp³-hybridized carbons (Fsp3) is 0.356. The number of hydrogen-bond donors (Lipinski definition) is 0. The standard InChI is InChI=1S/C45H52NO2/c1-5-9-14-34(7-3)32-47-43-23-19-36(20-24-43)40-29-41(37-21-25-44(26-22-37)48-33-35(8-4)15-10-6-2)31-42(30-40)38-16-13-17-39(28-38)45-18-11-12-27-46-45/h11-13,16,18-31,34-35H,5-10,14-15,32-33H2,1-4H3/q-1.